The van der Waals surface area contributed by atoms with Crippen molar-refractivity contribution in [2.24, 2.45) is 0 Å². The third-order valence-electron chi connectivity index (χ3n) is 3.11. The highest BCUT2D eigenvalue weighted by Gasteiger charge is 2.21. The number of nitrogens with zero attached hydrogens (tertiary/aromatic N) is 2. The van der Waals surface area contributed by atoms with Gasteiger partial charge >= 0.3 is 0 Å². The minimum Gasteiger partial charge on any atom is -0.366 e. The summed E-state index contributed by atoms with van der Waals surface area (Å²) in [5, 5.41) is 3.93. The van der Waals surface area contributed by atoms with E-state index in [2.05, 4.69) is 29.1 Å². The van der Waals surface area contributed by atoms with Gasteiger partial charge < -0.3 is 5.32 Å². The number of aromatic nitrogens is 2. The third-order valence-corrected chi connectivity index (χ3v) is 4.40. The maximum Gasteiger partial charge on any atom is 0.224 e. The molecule has 0 aromatic carbocycles. The molecule has 2 rings (SSSR count). The lowest BCUT2D eigenvalue weighted by molar-refractivity contribution is 0.582. The molecule has 0 fully saturated rings. The molecule has 2 heterocycles. The second-order valence-electron chi connectivity index (χ2n) is 4.63. The van der Waals surface area contributed by atoms with Crippen LogP contribution in [0, 0.1) is 0 Å². The van der Waals surface area contributed by atoms with Crippen molar-refractivity contribution in [1.82, 2.24) is 9.97 Å². The molecule has 3 nitrogen and oxygen atoms in total. The number of hydrogen-bond donors (Lipinski definition) is 1. The van der Waals surface area contributed by atoms with E-state index in [0.29, 0.717) is 11.3 Å². The van der Waals surface area contributed by atoms with E-state index in [-0.39, 0.29) is 0 Å². The number of anilines is 1. The third kappa shape index (κ3) is 3.29. The van der Waals surface area contributed by atoms with Crippen molar-refractivity contribution < 1.29 is 0 Å². The first-order chi connectivity index (χ1) is 8.74. The topological polar surface area (TPSA) is 37.8 Å². The fraction of sp³-hybridized carbons (Fsp3) is 0.692. The lowest BCUT2D eigenvalue weighted by atomic mass is 10.1. The molecular weight excluding hydrogens is 266 g/mol. The predicted molar refractivity (Wildman–Crippen MR) is 78.7 cm³/mol. The quantitative estimate of drug-likeness (QED) is 0.797. The summed E-state index contributed by atoms with van der Waals surface area (Å²) < 4.78 is 0. The summed E-state index contributed by atoms with van der Waals surface area (Å²) in [5.74, 6) is 2.03. The monoisotopic (exact) mass is 285 g/mol. The van der Waals surface area contributed by atoms with E-state index in [9.17, 15) is 0 Å². The summed E-state index contributed by atoms with van der Waals surface area (Å²) in [7, 11) is 0. The number of fused-ring (bicyclic) bond motifs is 1. The Balaban J connectivity index is 2.17. The van der Waals surface area contributed by atoms with Crippen molar-refractivity contribution >= 4 is 29.2 Å². The van der Waals surface area contributed by atoms with Crippen molar-refractivity contribution in [3.8, 4) is 0 Å². The Kier molecular flexibility index (Phi) is 5.13. The highest BCUT2D eigenvalue weighted by Crippen LogP contribution is 2.36. The summed E-state index contributed by atoms with van der Waals surface area (Å²) in [4.78, 5) is 9.88. The van der Waals surface area contributed by atoms with Crippen LogP contribution in [-0.4, -0.2) is 21.8 Å². The SMILES string of the molecule is CCCC(CCC)Nc1nc(Cl)nc2c1SCC2. The molecule has 0 amide bonds. The molecule has 0 atom stereocenters. The zero-order valence-corrected chi connectivity index (χ0v) is 12.6. The van der Waals surface area contributed by atoms with E-state index in [4.69, 9.17) is 11.6 Å². The van der Waals surface area contributed by atoms with Gasteiger partial charge in [-0.1, -0.05) is 26.7 Å². The number of rotatable bonds is 6. The van der Waals surface area contributed by atoms with Gasteiger partial charge in [-0.15, -0.1) is 11.8 Å². The van der Waals surface area contributed by atoms with E-state index in [0.717, 1.165) is 23.7 Å². The van der Waals surface area contributed by atoms with Crippen molar-refractivity contribution in [3.63, 3.8) is 0 Å². The van der Waals surface area contributed by atoms with Gasteiger partial charge in [-0.25, -0.2) is 4.98 Å². The van der Waals surface area contributed by atoms with Crippen LogP contribution in [0.3, 0.4) is 0 Å². The van der Waals surface area contributed by atoms with Crippen LogP contribution in [0.1, 0.15) is 45.2 Å². The molecule has 0 saturated heterocycles. The minimum atomic E-state index is 0.366. The van der Waals surface area contributed by atoms with Crippen molar-refractivity contribution in [1.29, 1.82) is 0 Å². The van der Waals surface area contributed by atoms with Crippen LogP contribution in [0.2, 0.25) is 5.28 Å². The molecule has 1 aromatic heterocycles. The van der Waals surface area contributed by atoms with Gasteiger partial charge in [-0.05, 0) is 24.4 Å². The number of thioether (sulfide) groups is 1. The molecule has 0 spiro atoms. The molecule has 1 N–H and O–H groups in total. The predicted octanol–water partition coefficient (Wildman–Crippen LogP) is 4.16. The molecule has 0 unspecified atom stereocenters. The van der Waals surface area contributed by atoms with Crippen LogP contribution >= 0.6 is 23.4 Å². The largest absolute Gasteiger partial charge is 0.366 e. The van der Waals surface area contributed by atoms with Gasteiger partial charge in [0.15, 0.2) is 0 Å². The smallest absolute Gasteiger partial charge is 0.224 e. The van der Waals surface area contributed by atoms with Gasteiger partial charge in [0.25, 0.3) is 0 Å². The van der Waals surface area contributed by atoms with E-state index < -0.39 is 0 Å². The summed E-state index contributed by atoms with van der Waals surface area (Å²) in [5.41, 5.74) is 1.11. The van der Waals surface area contributed by atoms with Crippen LogP contribution in [0.4, 0.5) is 5.82 Å². The number of nitrogens with one attached hydrogen (secondary N) is 1. The summed E-state index contributed by atoms with van der Waals surface area (Å²) in [6.07, 6.45) is 5.73. The lowest BCUT2D eigenvalue weighted by Gasteiger charge is -2.19. The first-order valence-electron chi connectivity index (χ1n) is 6.70. The van der Waals surface area contributed by atoms with Gasteiger partial charge in [0.1, 0.15) is 5.82 Å². The van der Waals surface area contributed by atoms with E-state index in [1.165, 1.54) is 30.6 Å². The van der Waals surface area contributed by atoms with Gasteiger partial charge in [0.2, 0.25) is 5.28 Å². The molecule has 1 aliphatic rings. The lowest BCUT2D eigenvalue weighted by Crippen LogP contribution is -2.20. The highest BCUT2D eigenvalue weighted by molar-refractivity contribution is 7.99. The van der Waals surface area contributed by atoms with Crippen molar-refractivity contribution in [3.05, 3.63) is 11.0 Å². The Morgan fingerprint density at radius 1 is 1.28 bits per heavy atom. The summed E-state index contributed by atoms with van der Waals surface area (Å²) in [6.45, 7) is 4.44. The number of halogens is 1. The van der Waals surface area contributed by atoms with Gasteiger partial charge in [-0.2, -0.15) is 4.98 Å². The average Bonchev–Trinajstić information content (AvgIpc) is 2.77. The van der Waals surface area contributed by atoms with Gasteiger partial charge in [-0.3, -0.25) is 0 Å². The second-order valence-corrected chi connectivity index (χ2v) is 6.08. The second kappa shape index (κ2) is 6.62. The molecule has 100 valence electrons. The van der Waals surface area contributed by atoms with Gasteiger partial charge in [0.05, 0.1) is 10.6 Å². The molecule has 0 saturated carbocycles. The van der Waals surface area contributed by atoms with Crippen LogP contribution in [0.25, 0.3) is 0 Å². The molecular formula is C13H20ClN3S. The molecule has 0 aliphatic carbocycles. The highest BCUT2D eigenvalue weighted by atomic mass is 35.5. The molecule has 0 bridgehead atoms. The van der Waals surface area contributed by atoms with E-state index >= 15 is 0 Å². The maximum absolute atomic E-state index is 5.99. The number of aryl methyl sites for hydroxylation is 1. The Hall–Kier alpha value is -0.480. The van der Waals surface area contributed by atoms with Crippen LogP contribution in [0.5, 0.6) is 0 Å². The Morgan fingerprint density at radius 3 is 2.67 bits per heavy atom. The van der Waals surface area contributed by atoms with Crippen LogP contribution < -0.4 is 5.32 Å². The van der Waals surface area contributed by atoms with E-state index in [1.807, 2.05) is 11.8 Å². The summed E-state index contributed by atoms with van der Waals surface area (Å²) in [6, 6.07) is 0.497. The fourth-order valence-electron chi connectivity index (χ4n) is 2.31. The van der Waals surface area contributed by atoms with Crippen molar-refractivity contribution in [2.45, 2.75) is 56.9 Å². The van der Waals surface area contributed by atoms with Gasteiger partial charge in [0, 0.05) is 18.2 Å². The maximum atomic E-state index is 5.99. The fourth-order valence-corrected chi connectivity index (χ4v) is 3.56. The molecule has 18 heavy (non-hydrogen) atoms. The number of hydrogen-bond acceptors (Lipinski definition) is 4. The molecule has 5 heteroatoms. The zero-order chi connectivity index (χ0) is 13.0. The Labute approximate surface area is 118 Å². The first kappa shape index (κ1) is 13.9. The van der Waals surface area contributed by atoms with Crippen molar-refractivity contribution in [2.75, 3.05) is 11.1 Å². The van der Waals surface area contributed by atoms with Crippen LogP contribution in [0.15, 0.2) is 4.90 Å². The molecule has 1 aromatic rings. The average molecular weight is 286 g/mol. The standard InChI is InChI=1S/C13H20ClN3S/c1-3-5-9(6-4-2)15-12-11-10(7-8-18-11)16-13(14)17-12/h9H,3-8H2,1-2H3,(H,15,16,17). The Morgan fingerprint density at radius 2 is 2.00 bits per heavy atom. The first-order valence-corrected chi connectivity index (χ1v) is 8.06. The Bertz CT molecular complexity index is 405. The summed E-state index contributed by atoms with van der Waals surface area (Å²) >= 11 is 7.83. The zero-order valence-electron chi connectivity index (χ0n) is 11.0. The minimum absolute atomic E-state index is 0.366. The van der Waals surface area contributed by atoms with E-state index in [1.54, 1.807) is 0 Å². The molecule has 1 aliphatic heterocycles. The van der Waals surface area contributed by atoms with Crippen LogP contribution in [-0.2, 0) is 6.42 Å². The normalized spacial score (nSPS) is 14.0. The molecule has 0 radical (unpaired) electrons.